The van der Waals surface area contributed by atoms with Crippen LogP contribution in [0.1, 0.15) is 31.4 Å². The lowest BCUT2D eigenvalue weighted by Crippen LogP contribution is -2.41. The zero-order valence-corrected chi connectivity index (χ0v) is 15.8. The highest BCUT2D eigenvalue weighted by Gasteiger charge is 2.47. The highest BCUT2D eigenvalue weighted by Crippen LogP contribution is 2.49. The number of thiocarbonyl (C=S) groups is 1. The fraction of sp³-hybridized carbons (Fsp3) is 0.350. The molecule has 1 amide bonds. The average Bonchev–Trinajstić information content (AvgIpc) is 3.42. The number of rotatable bonds is 3. The smallest absolute Gasteiger partial charge is 0.266 e. The second kappa shape index (κ2) is 6.35. The standard InChI is InChI=1S/C20H18N2O2S2/c23-19-18(10-15-5-6-17(24-15)14-2-1-7-21-11-14)26-20(25)22(19)16-9-12-3-4-13(16)8-12/h1-2,5-7,10-13,16H,3-4,8-9H2. The van der Waals surface area contributed by atoms with Gasteiger partial charge in [-0.2, -0.15) is 0 Å². The lowest BCUT2D eigenvalue weighted by Gasteiger charge is -2.30. The summed E-state index contributed by atoms with van der Waals surface area (Å²) in [4.78, 5) is 19.6. The summed E-state index contributed by atoms with van der Waals surface area (Å²) in [6.45, 7) is 0. The van der Waals surface area contributed by atoms with E-state index in [0.29, 0.717) is 26.9 Å². The molecule has 1 aliphatic heterocycles. The molecule has 3 fully saturated rings. The highest BCUT2D eigenvalue weighted by molar-refractivity contribution is 8.26. The minimum absolute atomic E-state index is 0.0388. The van der Waals surface area contributed by atoms with Gasteiger partial charge in [0.15, 0.2) is 0 Å². The van der Waals surface area contributed by atoms with Crippen LogP contribution in [0.4, 0.5) is 0 Å². The van der Waals surface area contributed by atoms with Crippen molar-refractivity contribution < 1.29 is 9.21 Å². The van der Waals surface area contributed by atoms with Gasteiger partial charge in [-0.25, -0.2) is 0 Å². The van der Waals surface area contributed by atoms with E-state index in [1.165, 1.54) is 31.0 Å². The number of furan rings is 1. The van der Waals surface area contributed by atoms with Crippen LogP contribution in [0.15, 0.2) is 46.0 Å². The zero-order valence-electron chi connectivity index (χ0n) is 14.1. The van der Waals surface area contributed by atoms with Crippen LogP contribution in [0, 0.1) is 11.8 Å². The van der Waals surface area contributed by atoms with Crippen molar-refractivity contribution in [3.8, 4) is 11.3 Å². The molecule has 0 spiro atoms. The summed E-state index contributed by atoms with van der Waals surface area (Å²) >= 11 is 6.93. The quantitative estimate of drug-likeness (QED) is 0.567. The molecular weight excluding hydrogens is 364 g/mol. The van der Waals surface area contributed by atoms with E-state index in [9.17, 15) is 4.79 Å². The first-order chi connectivity index (χ1) is 12.7. The van der Waals surface area contributed by atoms with Gasteiger partial charge in [0.2, 0.25) is 0 Å². The first-order valence-corrected chi connectivity index (χ1v) is 10.2. The fourth-order valence-corrected chi connectivity index (χ4v) is 5.87. The number of carbonyl (C=O) groups is 1. The minimum Gasteiger partial charge on any atom is -0.457 e. The largest absolute Gasteiger partial charge is 0.457 e. The van der Waals surface area contributed by atoms with E-state index in [1.807, 2.05) is 35.2 Å². The molecule has 3 unspecified atom stereocenters. The molecule has 2 aromatic rings. The number of hydrogen-bond acceptors (Lipinski definition) is 5. The van der Waals surface area contributed by atoms with Crippen molar-refractivity contribution in [2.45, 2.75) is 31.7 Å². The molecule has 3 heterocycles. The van der Waals surface area contributed by atoms with Gasteiger partial charge in [-0.15, -0.1) is 0 Å². The maximum absolute atomic E-state index is 13.0. The molecule has 2 bridgehead atoms. The Morgan fingerprint density at radius 3 is 2.92 bits per heavy atom. The van der Waals surface area contributed by atoms with Crippen LogP contribution >= 0.6 is 24.0 Å². The minimum atomic E-state index is 0.0388. The molecule has 2 aliphatic carbocycles. The third kappa shape index (κ3) is 2.72. The van der Waals surface area contributed by atoms with Crippen molar-refractivity contribution in [2.24, 2.45) is 11.8 Å². The van der Waals surface area contributed by atoms with Crippen LogP contribution in [0.25, 0.3) is 17.4 Å². The Kier molecular flexibility index (Phi) is 3.98. The number of nitrogens with zero attached hydrogens (tertiary/aromatic N) is 2. The molecule has 6 heteroatoms. The monoisotopic (exact) mass is 382 g/mol. The van der Waals surface area contributed by atoms with Crippen molar-refractivity contribution >= 4 is 40.3 Å². The summed E-state index contributed by atoms with van der Waals surface area (Å²) in [5, 5.41) is 0. The molecule has 0 radical (unpaired) electrons. The van der Waals surface area contributed by atoms with Crippen molar-refractivity contribution in [3.05, 3.63) is 47.3 Å². The number of pyridine rings is 1. The lowest BCUT2D eigenvalue weighted by atomic mass is 9.94. The Balaban J connectivity index is 1.38. The number of carbonyl (C=O) groups excluding carboxylic acids is 1. The molecule has 0 aromatic carbocycles. The van der Waals surface area contributed by atoms with E-state index in [0.717, 1.165) is 23.7 Å². The molecule has 4 nitrogen and oxygen atoms in total. The lowest BCUT2D eigenvalue weighted by molar-refractivity contribution is -0.124. The third-order valence-corrected chi connectivity index (χ3v) is 7.03. The Morgan fingerprint density at radius 1 is 1.27 bits per heavy atom. The second-order valence-corrected chi connectivity index (χ2v) is 8.91. The zero-order chi connectivity index (χ0) is 17.7. The summed E-state index contributed by atoms with van der Waals surface area (Å²) in [5.74, 6) is 2.86. The van der Waals surface area contributed by atoms with Gasteiger partial charge in [-0.1, -0.05) is 30.4 Å². The normalized spacial score (nSPS) is 29.3. The molecule has 132 valence electrons. The van der Waals surface area contributed by atoms with Gasteiger partial charge in [-0.05, 0) is 55.4 Å². The van der Waals surface area contributed by atoms with Gasteiger partial charge in [0, 0.05) is 30.1 Å². The number of aromatic nitrogens is 1. The second-order valence-electron chi connectivity index (χ2n) is 7.24. The van der Waals surface area contributed by atoms with E-state index in [-0.39, 0.29) is 5.91 Å². The topological polar surface area (TPSA) is 46.3 Å². The SMILES string of the molecule is O=C1C(=Cc2ccc(-c3cccnc3)o2)SC(=S)N1C1CC2CCC1C2. The van der Waals surface area contributed by atoms with Crippen LogP contribution in [-0.4, -0.2) is 26.2 Å². The van der Waals surface area contributed by atoms with Crippen LogP contribution in [0.3, 0.4) is 0 Å². The van der Waals surface area contributed by atoms with Gasteiger partial charge >= 0.3 is 0 Å². The summed E-state index contributed by atoms with van der Waals surface area (Å²) in [6.07, 6.45) is 10.2. The van der Waals surface area contributed by atoms with E-state index in [2.05, 4.69) is 4.98 Å². The maximum atomic E-state index is 13.0. The van der Waals surface area contributed by atoms with Crippen molar-refractivity contribution in [3.63, 3.8) is 0 Å². The van der Waals surface area contributed by atoms with Crippen molar-refractivity contribution in [1.29, 1.82) is 0 Å². The number of amides is 1. The molecule has 0 N–H and O–H groups in total. The summed E-state index contributed by atoms with van der Waals surface area (Å²) in [7, 11) is 0. The average molecular weight is 383 g/mol. The Hall–Kier alpha value is -1.92. The van der Waals surface area contributed by atoms with Crippen molar-refractivity contribution in [2.75, 3.05) is 0 Å². The summed E-state index contributed by atoms with van der Waals surface area (Å²) in [6, 6.07) is 7.91. The van der Waals surface area contributed by atoms with Crippen molar-refractivity contribution in [1.82, 2.24) is 9.88 Å². The Bertz CT molecular complexity index is 906. The van der Waals surface area contributed by atoms with E-state index in [1.54, 1.807) is 12.4 Å². The predicted octanol–water partition coefficient (Wildman–Crippen LogP) is 4.73. The van der Waals surface area contributed by atoms with E-state index in [4.69, 9.17) is 16.6 Å². The maximum Gasteiger partial charge on any atom is 0.266 e. The summed E-state index contributed by atoms with van der Waals surface area (Å²) < 4.78 is 6.57. The molecule has 5 rings (SSSR count). The molecule has 3 atom stereocenters. The Labute approximate surface area is 161 Å². The van der Waals surface area contributed by atoms with Crippen LogP contribution in [0.2, 0.25) is 0 Å². The van der Waals surface area contributed by atoms with Gasteiger partial charge in [0.25, 0.3) is 5.91 Å². The highest BCUT2D eigenvalue weighted by atomic mass is 32.2. The number of fused-ring (bicyclic) bond motifs is 2. The van der Waals surface area contributed by atoms with Gasteiger partial charge < -0.3 is 4.42 Å². The van der Waals surface area contributed by atoms with Crippen LogP contribution in [0.5, 0.6) is 0 Å². The Morgan fingerprint density at radius 2 is 2.19 bits per heavy atom. The molecule has 2 aromatic heterocycles. The summed E-state index contributed by atoms with van der Waals surface area (Å²) in [5.41, 5.74) is 0.918. The van der Waals surface area contributed by atoms with Crippen LogP contribution < -0.4 is 0 Å². The molecule has 3 aliphatic rings. The number of thioether (sulfide) groups is 1. The van der Waals surface area contributed by atoms with Gasteiger partial charge in [-0.3, -0.25) is 14.7 Å². The van der Waals surface area contributed by atoms with E-state index >= 15 is 0 Å². The van der Waals surface area contributed by atoms with Gasteiger partial charge in [0.1, 0.15) is 15.8 Å². The first-order valence-electron chi connectivity index (χ1n) is 8.96. The molecule has 1 saturated heterocycles. The first kappa shape index (κ1) is 16.3. The number of hydrogen-bond donors (Lipinski definition) is 0. The molecule has 26 heavy (non-hydrogen) atoms. The van der Waals surface area contributed by atoms with E-state index < -0.39 is 0 Å². The molecular formula is C20H18N2O2S2. The van der Waals surface area contributed by atoms with Gasteiger partial charge in [0.05, 0.1) is 4.91 Å². The predicted molar refractivity (Wildman–Crippen MR) is 106 cm³/mol. The third-order valence-electron chi connectivity index (χ3n) is 5.70. The van der Waals surface area contributed by atoms with Crippen LogP contribution in [-0.2, 0) is 4.79 Å². The fourth-order valence-electron chi connectivity index (χ4n) is 4.52. The molecule has 2 saturated carbocycles.